The van der Waals surface area contributed by atoms with Gasteiger partial charge in [-0.1, -0.05) is 6.07 Å². The summed E-state index contributed by atoms with van der Waals surface area (Å²) in [5, 5.41) is 8.71. The van der Waals surface area contributed by atoms with Crippen molar-refractivity contribution in [2.45, 2.75) is 13.8 Å². The van der Waals surface area contributed by atoms with Crippen LogP contribution in [-0.2, 0) is 0 Å². The molecule has 2 aromatic heterocycles. The van der Waals surface area contributed by atoms with Crippen molar-refractivity contribution in [1.29, 1.82) is 0 Å². The van der Waals surface area contributed by atoms with Gasteiger partial charge in [-0.2, -0.15) is 0 Å². The Bertz CT molecular complexity index is 884. The molecule has 0 saturated carbocycles. The van der Waals surface area contributed by atoms with Crippen molar-refractivity contribution >= 4 is 17.2 Å². The molecule has 0 aliphatic rings. The lowest BCUT2D eigenvalue weighted by molar-refractivity contribution is 0.404. The summed E-state index contributed by atoms with van der Waals surface area (Å²) >= 11 is 0. The lowest BCUT2D eigenvalue weighted by Gasteiger charge is -2.05. The van der Waals surface area contributed by atoms with Gasteiger partial charge in [0.15, 0.2) is 5.82 Å². The van der Waals surface area contributed by atoms with E-state index in [1.807, 2.05) is 42.6 Å². The first-order valence-corrected chi connectivity index (χ1v) is 7.21. The molecule has 118 valence electrons. The number of ether oxygens (including phenoxy) is 2. The third kappa shape index (κ3) is 2.88. The smallest absolute Gasteiger partial charge is 0.182 e. The van der Waals surface area contributed by atoms with Crippen LogP contribution in [0.2, 0.25) is 0 Å². The number of hydrogen-bond acceptors (Lipinski definition) is 5. The third-order valence-electron chi connectivity index (χ3n) is 3.55. The average molecular weight is 310 g/mol. The van der Waals surface area contributed by atoms with Crippen molar-refractivity contribution < 1.29 is 9.47 Å². The predicted molar refractivity (Wildman–Crippen MR) is 88.4 cm³/mol. The number of nitrogens with zero attached hydrogens (tertiary/aromatic N) is 4. The fraction of sp³-hybridized carbons (Fsp3) is 0.235. The Hall–Kier alpha value is -2.89. The number of aromatic nitrogens is 2. The normalized spacial score (nSPS) is 11.3. The number of pyridine rings is 1. The Balaban J connectivity index is 2.06. The van der Waals surface area contributed by atoms with Crippen molar-refractivity contribution in [3.05, 3.63) is 47.8 Å². The number of methoxy groups -OCH3 is 2. The molecule has 0 bridgehead atoms. The predicted octanol–water partition coefficient (Wildman–Crippen LogP) is 4.38. The lowest BCUT2D eigenvalue weighted by Crippen LogP contribution is -1.87. The molecule has 0 aliphatic heterocycles. The SMILES string of the molecule is COc1ccc(OC)c(N=Nc2c(C)nc3ccc(C)cn23)c1. The van der Waals surface area contributed by atoms with Crippen molar-refractivity contribution in [3.8, 4) is 11.5 Å². The Morgan fingerprint density at radius 3 is 2.57 bits per heavy atom. The van der Waals surface area contributed by atoms with Gasteiger partial charge in [-0.15, -0.1) is 10.2 Å². The summed E-state index contributed by atoms with van der Waals surface area (Å²) < 4.78 is 12.5. The molecule has 6 heteroatoms. The monoisotopic (exact) mass is 310 g/mol. The number of hydrogen-bond donors (Lipinski definition) is 0. The highest BCUT2D eigenvalue weighted by molar-refractivity contribution is 5.56. The number of aryl methyl sites for hydroxylation is 2. The maximum Gasteiger partial charge on any atom is 0.182 e. The van der Waals surface area contributed by atoms with E-state index >= 15 is 0 Å². The van der Waals surface area contributed by atoms with E-state index in [1.165, 1.54) is 0 Å². The molecule has 3 aromatic rings. The molecule has 23 heavy (non-hydrogen) atoms. The molecule has 1 aromatic carbocycles. The molecule has 0 unspecified atom stereocenters. The molecule has 0 aliphatic carbocycles. The molecule has 0 saturated heterocycles. The van der Waals surface area contributed by atoms with Crippen molar-refractivity contribution in [3.63, 3.8) is 0 Å². The molecule has 0 N–H and O–H groups in total. The fourth-order valence-corrected chi connectivity index (χ4v) is 2.35. The quantitative estimate of drug-likeness (QED) is 0.672. The Kier molecular flexibility index (Phi) is 3.97. The van der Waals surface area contributed by atoms with Gasteiger partial charge in [0.25, 0.3) is 0 Å². The van der Waals surface area contributed by atoms with Crippen LogP contribution >= 0.6 is 0 Å². The van der Waals surface area contributed by atoms with Gasteiger partial charge in [0.05, 0.1) is 19.9 Å². The van der Waals surface area contributed by atoms with Crippen LogP contribution in [0.1, 0.15) is 11.3 Å². The second-order valence-electron chi connectivity index (χ2n) is 5.19. The first-order chi connectivity index (χ1) is 11.1. The van der Waals surface area contributed by atoms with Crippen LogP contribution in [0.4, 0.5) is 11.5 Å². The molecule has 0 spiro atoms. The minimum Gasteiger partial charge on any atom is -0.497 e. The van der Waals surface area contributed by atoms with Crippen molar-refractivity contribution in [2.24, 2.45) is 10.2 Å². The molecular weight excluding hydrogens is 292 g/mol. The molecule has 0 amide bonds. The maximum absolute atomic E-state index is 5.32. The highest BCUT2D eigenvalue weighted by atomic mass is 16.5. The molecule has 0 fully saturated rings. The second kappa shape index (κ2) is 6.08. The molecule has 0 radical (unpaired) electrons. The van der Waals surface area contributed by atoms with E-state index < -0.39 is 0 Å². The average Bonchev–Trinajstić information content (AvgIpc) is 2.87. The summed E-state index contributed by atoms with van der Waals surface area (Å²) in [5.74, 6) is 2.04. The topological polar surface area (TPSA) is 60.5 Å². The van der Waals surface area contributed by atoms with Crippen LogP contribution in [-0.4, -0.2) is 23.6 Å². The van der Waals surface area contributed by atoms with E-state index in [9.17, 15) is 0 Å². The van der Waals surface area contributed by atoms with Gasteiger partial charge in [0.2, 0.25) is 0 Å². The minimum absolute atomic E-state index is 0.605. The van der Waals surface area contributed by atoms with Crippen molar-refractivity contribution in [1.82, 2.24) is 9.38 Å². The Morgan fingerprint density at radius 1 is 1.00 bits per heavy atom. The van der Waals surface area contributed by atoms with Crippen LogP contribution in [0.25, 0.3) is 5.65 Å². The summed E-state index contributed by atoms with van der Waals surface area (Å²) in [4.78, 5) is 4.50. The minimum atomic E-state index is 0.605. The Labute approximate surface area is 134 Å². The van der Waals surface area contributed by atoms with Crippen LogP contribution in [0.5, 0.6) is 11.5 Å². The highest BCUT2D eigenvalue weighted by Crippen LogP contribution is 2.33. The molecule has 6 nitrogen and oxygen atoms in total. The second-order valence-corrected chi connectivity index (χ2v) is 5.19. The molecular formula is C17H18N4O2. The van der Waals surface area contributed by atoms with E-state index in [0.717, 1.165) is 16.9 Å². The summed E-state index contributed by atoms with van der Waals surface area (Å²) in [7, 11) is 3.21. The first-order valence-electron chi connectivity index (χ1n) is 7.21. The van der Waals surface area contributed by atoms with Crippen LogP contribution < -0.4 is 9.47 Å². The number of imidazole rings is 1. The largest absolute Gasteiger partial charge is 0.497 e. The van der Waals surface area contributed by atoms with Gasteiger partial charge >= 0.3 is 0 Å². The van der Waals surface area contributed by atoms with Crippen LogP contribution in [0.15, 0.2) is 46.8 Å². The summed E-state index contributed by atoms with van der Waals surface area (Å²) in [5.41, 5.74) is 3.40. The van der Waals surface area contributed by atoms with Crippen LogP contribution in [0, 0.1) is 13.8 Å². The van der Waals surface area contributed by atoms with Gasteiger partial charge in [0, 0.05) is 12.3 Å². The highest BCUT2D eigenvalue weighted by Gasteiger charge is 2.09. The van der Waals surface area contributed by atoms with E-state index in [4.69, 9.17) is 9.47 Å². The van der Waals surface area contributed by atoms with E-state index in [0.29, 0.717) is 23.0 Å². The van der Waals surface area contributed by atoms with Gasteiger partial charge in [0.1, 0.15) is 22.8 Å². The zero-order valence-corrected chi connectivity index (χ0v) is 13.6. The molecule has 0 atom stereocenters. The van der Waals surface area contributed by atoms with Gasteiger partial charge in [-0.3, -0.25) is 4.40 Å². The zero-order chi connectivity index (χ0) is 16.4. The van der Waals surface area contributed by atoms with Crippen LogP contribution in [0.3, 0.4) is 0 Å². The number of fused-ring (bicyclic) bond motifs is 1. The number of benzene rings is 1. The van der Waals surface area contributed by atoms with E-state index in [-0.39, 0.29) is 0 Å². The van der Waals surface area contributed by atoms with Gasteiger partial charge < -0.3 is 9.47 Å². The van der Waals surface area contributed by atoms with Gasteiger partial charge in [-0.05, 0) is 37.6 Å². The summed E-state index contributed by atoms with van der Waals surface area (Å²) in [6.07, 6.45) is 1.99. The summed E-state index contributed by atoms with van der Waals surface area (Å²) in [6.45, 7) is 3.94. The number of azo groups is 1. The fourth-order valence-electron chi connectivity index (χ4n) is 2.35. The molecule has 3 rings (SSSR count). The van der Waals surface area contributed by atoms with Gasteiger partial charge in [-0.25, -0.2) is 4.98 Å². The van der Waals surface area contributed by atoms with E-state index in [2.05, 4.69) is 15.2 Å². The zero-order valence-electron chi connectivity index (χ0n) is 13.6. The molecule has 2 heterocycles. The first kappa shape index (κ1) is 15.0. The summed E-state index contributed by atoms with van der Waals surface area (Å²) in [6, 6.07) is 9.40. The lowest BCUT2D eigenvalue weighted by atomic mass is 10.3. The van der Waals surface area contributed by atoms with E-state index in [1.54, 1.807) is 26.4 Å². The standard InChI is InChI=1S/C17H18N4O2/c1-11-5-8-16-18-12(2)17(21(16)10-11)20-19-14-9-13(22-3)6-7-15(14)23-4/h5-10H,1-4H3. The Morgan fingerprint density at radius 2 is 1.83 bits per heavy atom. The van der Waals surface area contributed by atoms with Crippen molar-refractivity contribution in [2.75, 3.05) is 14.2 Å². The third-order valence-corrected chi connectivity index (χ3v) is 3.55. The number of rotatable bonds is 4. The maximum atomic E-state index is 5.32.